The summed E-state index contributed by atoms with van der Waals surface area (Å²) in [6.07, 6.45) is 7.59. The minimum Gasteiger partial charge on any atom is -0.388 e. The van der Waals surface area contributed by atoms with Crippen LogP contribution in [-0.2, 0) is 0 Å². The highest BCUT2D eigenvalue weighted by molar-refractivity contribution is 8.00. The zero-order chi connectivity index (χ0) is 10.9. The molecule has 2 rings (SSSR count). The largest absolute Gasteiger partial charge is 0.388 e. The second kappa shape index (κ2) is 4.67. The van der Waals surface area contributed by atoms with Crippen LogP contribution in [0.5, 0.6) is 0 Å². The fourth-order valence-electron chi connectivity index (χ4n) is 3.40. The monoisotopic (exact) mass is 228 g/mol. The van der Waals surface area contributed by atoms with Crippen LogP contribution in [0.25, 0.3) is 0 Å². The Morgan fingerprint density at radius 2 is 2.20 bits per heavy atom. The lowest BCUT2D eigenvalue weighted by Crippen LogP contribution is -2.44. The van der Waals surface area contributed by atoms with E-state index in [1.54, 1.807) is 0 Å². The lowest BCUT2D eigenvalue weighted by Gasteiger charge is -2.40. The molecule has 0 aromatic heterocycles. The maximum atomic E-state index is 10.8. The van der Waals surface area contributed by atoms with Crippen LogP contribution in [0.15, 0.2) is 0 Å². The van der Waals surface area contributed by atoms with Gasteiger partial charge in [0.2, 0.25) is 0 Å². The highest BCUT2D eigenvalue weighted by Crippen LogP contribution is 2.47. The first-order valence-electron chi connectivity index (χ1n) is 6.50. The Balaban J connectivity index is 2.02. The molecule has 4 unspecified atom stereocenters. The minimum absolute atomic E-state index is 0.335. The van der Waals surface area contributed by atoms with Gasteiger partial charge in [0, 0.05) is 5.25 Å². The highest BCUT2D eigenvalue weighted by atomic mass is 32.2. The molecule has 0 aromatic carbocycles. The molecule has 2 fully saturated rings. The summed E-state index contributed by atoms with van der Waals surface area (Å²) in [5, 5.41) is 11.2. The maximum absolute atomic E-state index is 10.8. The fourth-order valence-corrected chi connectivity index (χ4v) is 4.80. The molecule has 2 heteroatoms. The van der Waals surface area contributed by atoms with E-state index in [-0.39, 0.29) is 5.60 Å². The van der Waals surface area contributed by atoms with E-state index in [9.17, 15) is 5.11 Å². The van der Waals surface area contributed by atoms with Gasteiger partial charge >= 0.3 is 0 Å². The van der Waals surface area contributed by atoms with Crippen molar-refractivity contribution in [2.75, 3.05) is 5.75 Å². The van der Waals surface area contributed by atoms with Gasteiger partial charge in [-0.25, -0.2) is 0 Å². The third-order valence-electron chi connectivity index (χ3n) is 4.64. The molecule has 1 aliphatic heterocycles. The van der Waals surface area contributed by atoms with Crippen LogP contribution in [-0.4, -0.2) is 21.7 Å². The van der Waals surface area contributed by atoms with Gasteiger partial charge in [0.05, 0.1) is 5.60 Å². The summed E-state index contributed by atoms with van der Waals surface area (Å²) >= 11 is 1.96. The first-order chi connectivity index (χ1) is 7.16. The molecular formula is C13H24OS. The van der Waals surface area contributed by atoms with Crippen molar-refractivity contribution < 1.29 is 5.11 Å². The highest BCUT2D eigenvalue weighted by Gasteiger charge is 2.46. The SMILES string of the molecule is CCC1CCCC(C2(O)CCSC2C)C1. The van der Waals surface area contributed by atoms with Crippen molar-refractivity contribution in [1.82, 2.24) is 0 Å². The van der Waals surface area contributed by atoms with E-state index in [0.717, 1.165) is 18.1 Å². The van der Waals surface area contributed by atoms with E-state index in [2.05, 4.69) is 13.8 Å². The number of rotatable bonds is 2. The van der Waals surface area contributed by atoms with E-state index in [1.807, 2.05) is 11.8 Å². The van der Waals surface area contributed by atoms with E-state index >= 15 is 0 Å². The van der Waals surface area contributed by atoms with Crippen LogP contribution in [0, 0.1) is 11.8 Å². The maximum Gasteiger partial charge on any atom is 0.0799 e. The quantitative estimate of drug-likeness (QED) is 0.781. The van der Waals surface area contributed by atoms with Crippen molar-refractivity contribution in [3.8, 4) is 0 Å². The van der Waals surface area contributed by atoms with Gasteiger partial charge in [-0.3, -0.25) is 0 Å². The molecule has 2 aliphatic rings. The predicted molar refractivity (Wildman–Crippen MR) is 67.2 cm³/mol. The van der Waals surface area contributed by atoms with Crippen LogP contribution in [0.4, 0.5) is 0 Å². The molecule has 1 saturated heterocycles. The Morgan fingerprint density at radius 3 is 2.80 bits per heavy atom. The number of aliphatic hydroxyl groups is 1. The molecule has 0 aromatic rings. The van der Waals surface area contributed by atoms with Crippen LogP contribution in [0.3, 0.4) is 0 Å². The van der Waals surface area contributed by atoms with Gasteiger partial charge in [-0.05, 0) is 36.9 Å². The second-order valence-electron chi connectivity index (χ2n) is 5.39. The van der Waals surface area contributed by atoms with Crippen molar-refractivity contribution >= 4 is 11.8 Å². The molecule has 1 aliphatic carbocycles. The second-order valence-corrected chi connectivity index (χ2v) is 6.84. The third kappa shape index (κ3) is 2.21. The van der Waals surface area contributed by atoms with Crippen molar-refractivity contribution in [1.29, 1.82) is 0 Å². The summed E-state index contributed by atoms with van der Waals surface area (Å²) in [7, 11) is 0. The van der Waals surface area contributed by atoms with Crippen LogP contribution in [0.2, 0.25) is 0 Å². The molecule has 15 heavy (non-hydrogen) atoms. The molecule has 1 nitrogen and oxygen atoms in total. The molecule has 0 spiro atoms. The van der Waals surface area contributed by atoms with E-state index in [1.165, 1.54) is 32.1 Å². The van der Waals surface area contributed by atoms with Gasteiger partial charge in [0.25, 0.3) is 0 Å². The summed E-state index contributed by atoms with van der Waals surface area (Å²) < 4.78 is 0. The predicted octanol–water partition coefficient (Wildman–Crippen LogP) is 3.46. The fraction of sp³-hybridized carbons (Fsp3) is 1.00. The summed E-state index contributed by atoms with van der Waals surface area (Å²) in [6.45, 7) is 4.51. The summed E-state index contributed by atoms with van der Waals surface area (Å²) in [5.41, 5.74) is -0.335. The standard InChI is InChI=1S/C13H24OS/c1-3-11-5-4-6-12(9-11)13(14)7-8-15-10(13)2/h10-12,14H,3-9H2,1-2H3. The zero-order valence-electron chi connectivity index (χ0n) is 10.0. The molecule has 1 heterocycles. The summed E-state index contributed by atoms with van der Waals surface area (Å²) in [6, 6.07) is 0. The Labute approximate surface area is 98.0 Å². The number of hydrogen-bond donors (Lipinski definition) is 1. The average Bonchev–Trinajstić information content (AvgIpc) is 2.61. The number of hydrogen-bond acceptors (Lipinski definition) is 2. The molecule has 0 bridgehead atoms. The molecule has 88 valence electrons. The molecule has 0 radical (unpaired) electrons. The van der Waals surface area contributed by atoms with Crippen molar-refractivity contribution in [2.24, 2.45) is 11.8 Å². The van der Waals surface area contributed by atoms with Crippen molar-refractivity contribution in [3.63, 3.8) is 0 Å². The normalized spacial score (nSPS) is 47.0. The van der Waals surface area contributed by atoms with E-state index in [0.29, 0.717) is 11.2 Å². The van der Waals surface area contributed by atoms with Crippen molar-refractivity contribution in [3.05, 3.63) is 0 Å². The van der Waals surface area contributed by atoms with Crippen LogP contribution >= 0.6 is 11.8 Å². The van der Waals surface area contributed by atoms with Crippen molar-refractivity contribution in [2.45, 2.75) is 63.2 Å². The first-order valence-corrected chi connectivity index (χ1v) is 7.55. The third-order valence-corrected chi connectivity index (χ3v) is 5.99. The van der Waals surface area contributed by atoms with Gasteiger partial charge in [0.1, 0.15) is 0 Å². The minimum atomic E-state index is -0.335. The molecule has 1 saturated carbocycles. The van der Waals surface area contributed by atoms with E-state index in [4.69, 9.17) is 0 Å². The van der Waals surface area contributed by atoms with Gasteiger partial charge in [-0.2, -0.15) is 11.8 Å². The van der Waals surface area contributed by atoms with E-state index < -0.39 is 0 Å². The topological polar surface area (TPSA) is 20.2 Å². The van der Waals surface area contributed by atoms with Gasteiger partial charge < -0.3 is 5.11 Å². The Bertz CT molecular complexity index is 219. The van der Waals surface area contributed by atoms with Gasteiger partial charge in [0.15, 0.2) is 0 Å². The molecule has 1 N–H and O–H groups in total. The first kappa shape index (κ1) is 11.8. The zero-order valence-corrected chi connectivity index (χ0v) is 10.9. The van der Waals surface area contributed by atoms with Gasteiger partial charge in [-0.15, -0.1) is 0 Å². The lowest BCUT2D eigenvalue weighted by molar-refractivity contribution is -0.0367. The summed E-state index contributed by atoms with van der Waals surface area (Å²) in [4.78, 5) is 0. The average molecular weight is 228 g/mol. The molecular weight excluding hydrogens is 204 g/mol. The Kier molecular flexibility index (Phi) is 3.67. The lowest BCUT2D eigenvalue weighted by atomic mass is 9.70. The van der Waals surface area contributed by atoms with Gasteiger partial charge in [-0.1, -0.05) is 33.1 Å². The number of thioether (sulfide) groups is 1. The Morgan fingerprint density at radius 1 is 1.40 bits per heavy atom. The molecule has 4 atom stereocenters. The Hall–Kier alpha value is 0.310. The van der Waals surface area contributed by atoms with Crippen LogP contribution < -0.4 is 0 Å². The van der Waals surface area contributed by atoms with Crippen LogP contribution in [0.1, 0.15) is 52.4 Å². The molecule has 0 amide bonds. The summed E-state index contributed by atoms with van der Waals surface area (Å²) in [5.74, 6) is 2.62. The smallest absolute Gasteiger partial charge is 0.0799 e.